The standard InChI is InChI=1S/C93H144O17P2/c1-5-9-13-17-21-25-29-33-37-41-43-47-50-54-58-62-66-70-74-78-91(96)104-84-88(109-92(97)79-75-71-67-63-59-55-51-46-40-36-32-28-24-20-16-12-8-4)85-107-111(99,100)105-81-87(94)82-106-112(101,102)108-86-89(83-103-90(95)77-73-69-65-61-57-53-49-45-39-35-31-27-23-19-15-11-7-3)110-93(98)80-76-72-68-64-60-56-52-48-44-42-38-34-30-26-22-18-14-10-6-2/h10,14,21-28,33-40,43-44,47-49,51,53-56,58,60-61,63,65-68,70,72,87-89,94H,5-9,11-13,15-20,29-32,41-42,45-46,50,52,57,59,62,64,69,71,73-86H2,1-4H3,(H,99,100)(H,101,102)/b14-10-,25-21-,26-22-,27-23-,28-24-,37-33-,38-34-,39-35-,40-36-,47-43-,48-44-,53-49-,55-51-,58-54-,60-56-,65-61-,67-63-,70-66-,72-68-/t87-,88-,89-/m1/s1. The van der Waals surface area contributed by atoms with Crippen molar-refractivity contribution in [2.24, 2.45) is 0 Å². The highest BCUT2D eigenvalue weighted by Gasteiger charge is 2.30. The number of phosphoric acid groups is 2. The fourth-order valence-corrected chi connectivity index (χ4v) is 11.4. The molecule has 5 atom stereocenters. The molecule has 0 heterocycles. The molecule has 0 aliphatic carbocycles. The molecule has 0 aromatic heterocycles. The van der Waals surface area contributed by atoms with Crippen molar-refractivity contribution in [2.75, 3.05) is 39.6 Å². The van der Waals surface area contributed by atoms with Crippen LogP contribution in [-0.4, -0.2) is 96.7 Å². The van der Waals surface area contributed by atoms with Gasteiger partial charge in [-0.25, -0.2) is 9.13 Å². The minimum Gasteiger partial charge on any atom is -0.462 e. The molecular weight excluding hydrogens is 1450 g/mol. The van der Waals surface area contributed by atoms with Gasteiger partial charge in [-0.1, -0.05) is 297 Å². The smallest absolute Gasteiger partial charge is 0.462 e. The maximum atomic E-state index is 13.1. The summed E-state index contributed by atoms with van der Waals surface area (Å²) in [4.78, 5) is 73.1. The van der Waals surface area contributed by atoms with E-state index in [1.54, 1.807) is 0 Å². The Morgan fingerprint density at radius 1 is 0.259 bits per heavy atom. The fraction of sp³-hybridized carbons (Fsp3) is 0.548. The van der Waals surface area contributed by atoms with Gasteiger partial charge in [0.1, 0.15) is 19.3 Å². The minimum absolute atomic E-state index is 0.0101. The summed E-state index contributed by atoms with van der Waals surface area (Å²) >= 11 is 0. The third kappa shape index (κ3) is 81.1. The van der Waals surface area contributed by atoms with Gasteiger partial charge in [0.05, 0.1) is 26.4 Å². The average Bonchev–Trinajstić information content (AvgIpc) is 0.896. The molecule has 112 heavy (non-hydrogen) atoms. The monoisotopic (exact) mass is 1590 g/mol. The van der Waals surface area contributed by atoms with Gasteiger partial charge in [0.15, 0.2) is 12.2 Å². The summed E-state index contributed by atoms with van der Waals surface area (Å²) in [5.41, 5.74) is 0. The maximum absolute atomic E-state index is 13.1. The van der Waals surface area contributed by atoms with E-state index in [0.717, 1.165) is 109 Å². The average molecular weight is 1600 g/mol. The lowest BCUT2D eigenvalue weighted by molar-refractivity contribution is -0.161. The number of aliphatic hydroxyl groups excluding tert-OH is 1. The zero-order valence-corrected chi connectivity index (χ0v) is 70.5. The number of unbranched alkanes of at least 4 members (excludes halogenated alkanes) is 11. The van der Waals surface area contributed by atoms with Crippen LogP contribution in [0, 0.1) is 0 Å². The van der Waals surface area contributed by atoms with Gasteiger partial charge in [-0.05, 0) is 180 Å². The summed E-state index contributed by atoms with van der Waals surface area (Å²) in [6.45, 7) is 4.34. The third-order valence-electron chi connectivity index (χ3n) is 16.1. The van der Waals surface area contributed by atoms with E-state index >= 15 is 0 Å². The van der Waals surface area contributed by atoms with Crippen molar-refractivity contribution in [2.45, 2.75) is 290 Å². The Bertz CT molecular complexity index is 3040. The molecule has 0 aromatic carbocycles. The lowest BCUT2D eigenvalue weighted by Gasteiger charge is -2.21. The summed E-state index contributed by atoms with van der Waals surface area (Å²) in [6.07, 6.45) is 106. The number of carbonyl (C=O) groups is 4. The van der Waals surface area contributed by atoms with Crippen LogP contribution in [0.3, 0.4) is 0 Å². The highest BCUT2D eigenvalue weighted by molar-refractivity contribution is 7.47. The van der Waals surface area contributed by atoms with Crippen LogP contribution in [0.2, 0.25) is 0 Å². The van der Waals surface area contributed by atoms with Crippen molar-refractivity contribution in [3.63, 3.8) is 0 Å². The van der Waals surface area contributed by atoms with Crippen LogP contribution in [0.15, 0.2) is 231 Å². The van der Waals surface area contributed by atoms with Gasteiger partial charge in [-0.2, -0.15) is 0 Å². The molecule has 0 aliphatic heterocycles. The number of ether oxygens (including phenoxy) is 4. The Hall–Kier alpha value is -6.88. The molecule has 0 aromatic rings. The second-order valence-corrected chi connectivity index (χ2v) is 29.5. The van der Waals surface area contributed by atoms with Gasteiger partial charge < -0.3 is 33.8 Å². The molecular formula is C93H144O17P2. The second-order valence-electron chi connectivity index (χ2n) is 26.6. The Morgan fingerprint density at radius 2 is 0.473 bits per heavy atom. The van der Waals surface area contributed by atoms with Crippen molar-refractivity contribution >= 4 is 39.5 Å². The number of hydrogen-bond acceptors (Lipinski definition) is 15. The Morgan fingerprint density at radius 3 is 0.750 bits per heavy atom. The highest BCUT2D eigenvalue weighted by atomic mass is 31.2. The molecule has 0 amide bonds. The lowest BCUT2D eigenvalue weighted by atomic mass is 10.2. The normalized spacial score (nSPS) is 15.0. The quantitative estimate of drug-likeness (QED) is 0.0169. The summed E-state index contributed by atoms with van der Waals surface area (Å²) < 4.78 is 68.4. The van der Waals surface area contributed by atoms with E-state index in [1.165, 1.54) is 57.8 Å². The van der Waals surface area contributed by atoms with Gasteiger partial charge in [0.25, 0.3) is 0 Å². The molecule has 628 valence electrons. The van der Waals surface area contributed by atoms with Gasteiger partial charge >= 0.3 is 39.5 Å². The Balaban J connectivity index is 5.65. The zero-order valence-electron chi connectivity index (χ0n) is 68.7. The van der Waals surface area contributed by atoms with E-state index in [-0.39, 0.29) is 25.7 Å². The Labute approximate surface area is 676 Å². The number of aliphatic hydroxyl groups is 1. The van der Waals surface area contributed by atoms with E-state index < -0.39 is 97.5 Å². The zero-order chi connectivity index (χ0) is 81.7. The molecule has 0 spiro atoms. The predicted molar refractivity (Wildman–Crippen MR) is 463 cm³/mol. The highest BCUT2D eigenvalue weighted by Crippen LogP contribution is 2.45. The molecule has 0 saturated carbocycles. The van der Waals surface area contributed by atoms with Gasteiger partial charge in [0, 0.05) is 25.7 Å². The van der Waals surface area contributed by atoms with Gasteiger partial charge in [-0.3, -0.25) is 37.3 Å². The van der Waals surface area contributed by atoms with Crippen molar-refractivity contribution in [1.82, 2.24) is 0 Å². The molecule has 0 saturated heterocycles. The summed E-state index contributed by atoms with van der Waals surface area (Å²) in [7, 11) is -10.1. The first-order valence-electron chi connectivity index (χ1n) is 41.6. The van der Waals surface area contributed by atoms with Crippen LogP contribution < -0.4 is 0 Å². The van der Waals surface area contributed by atoms with Crippen molar-refractivity contribution in [3.05, 3.63) is 231 Å². The van der Waals surface area contributed by atoms with E-state index in [9.17, 15) is 43.2 Å². The molecule has 0 radical (unpaired) electrons. The van der Waals surface area contributed by atoms with Crippen LogP contribution in [0.1, 0.15) is 272 Å². The van der Waals surface area contributed by atoms with E-state index in [0.29, 0.717) is 51.4 Å². The molecule has 3 N–H and O–H groups in total. The molecule has 19 heteroatoms. The number of hydrogen-bond donors (Lipinski definition) is 3. The first-order chi connectivity index (χ1) is 54.7. The molecule has 2 unspecified atom stereocenters. The summed E-state index contributed by atoms with van der Waals surface area (Å²) in [5, 5.41) is 10.7. The minimum atomic E-state index is -5.04. The van der Waals surface area contributed by atoms with Crippen molar-refractivity contribution in [1.29, 1.82) is 0 Å². The largest absolute Gasteiger partial charge is 0.472 e. The second kappa shape index (κ2) is 82.1. The maximum Gasteiger partial charge on any atom is 0.472 e. The summed E-state index contributed by atoms with van der Waals surface area (Å²) in [6, 6.07) is 0. The van der Waals surface area contributed by atoms with E-state index in [1.807, 2.05) is 60.8 Å². The first-order valence-corrected chi connectivity index (χ1v) is 44.6. The molecule has 17 nitrogen and oxygen atoms in total. The number of rotatable bonds is 75. The lowest BCUT2D eigenvalue weighted by Crippen LogP contribution is -2.30. The fourth-order valence-electron chi connectivity index (χ4n) is 9.80. The van der Waals surface area contributed by atoms with Gasteiger partial charge in [-0.15, -0.1) is 0 Å². The topological polar surface area (TPSA) is 237 Å². The first kappa shape index (κ1) is 105. The molecule has 0 aliphatic rings. The van der Waals surface area contributed by atoms with Crippen LogP contribution in [0.5, 0.6) is 0 Å². The molecule has 0 bridgehead atoms. The number of esters is 4. The van der Waals surface area contributed by atoms with Crippen molar-refractivity contribution < 1.29 is 80.2 Å². The SMILES string of the molecule is CC/C=C\C/C=C\C/C=C\C/C=C\C/C=C\C/C=C\CCC(=O)O[C@H](COC(=O)CCC/C=C\C/C=C\C/C=C\C/C=C\CCCCC)COP(=O)(O)OC[C@H](O)COP(=O)(O)OC[C@@H](COC(=O)CC/C=C\C/C=C\C/C=C\C/C=C\C/C=C\CCCCC)OC(=O)CCC/C=C\C/C=C\C/C=C\C/C=C\CCCCC. The number of allylic oxidation sites excluding steroid dienone is 38. The third-order valence-corrected chi connectivity index (χ3v) is 18.0. The summed E-state index contributed by atoms with van der Waals surface area (Å²) in [5.74, 6) is -2.53. The van der Waals surface area contributed by atoms with Crippen LogP contribution in [0.25, 0.3) is 0 Å². The predicted octanol–water partition coefficient (Wildman–Crippen LogP) is 25.0. The molecule has 0 fully saturated rings. The van der Waals surface area contributed by atoms with E-state index in [4.69, 9.17) is 37.0 Å². The van der Waals surface area contributed by atoms with Crippen molar-refractivity contribution in [3.8, 4) is 0 Å². The van der Waals surface area contributed by atoms with Crippen LogP contribution in [0.4, 0.5) is 0 Å². The molecule has 0 rings (SSSR count). The van der Waals surface area contributed by atoms with Crippen LogP contribution in [-0.2, 0) is 65.4 Å². The van der Waals surface area contributed by atoms with Gasteiger partial charge in [0.2, 0.25) is 0 Å². The number of phosphoric ester groups is 2. The number of carbonyl (C=O) groups excluding carboxylic acids is 4. The Kier molecular flexibility index (Phi) is 77.1. The van der Waals surface area contributed by atoms with E-state index in [2.05, 4.69) is 198 Å². The van der Waals surface area contributed by atoms with Crippen LogP contribution >= 0.6 is 15.6 Å².